The molecule has 0 atom stereocenters. The van der Waals surface area contributed by atoms with E-state index in [1.165, 1.54) is 27.8 Å². The van der Waals surface area contributed by atoms with E-state index in [4.69, 9.17) is 0 Å². The van der Waals surface area contributed by atoms with Crippen molar-refractivity contribution in [1.82, 2.24) is 0 Å². The van der Waals surface area contributed by atoms with Gasteiger partial charge in [0, 0.05) is 11.8 Å². The molecule has 0 aliphatic rings. The predicted molar refractivity (Wildman–Crippen MR) is 78.3 cm³/mol. The molecule has 17 heavy (non-hydrogen) atoms. The van der Waals surface area contributed by atoms with Crippen LogP contribution in [0.2, 0.25) is 0 Å². The van der Waals surface area contributed by atoms with Crippen LogP contribution in [0.4, 0.5) is 5.69 Å². The van der Waals surface area contributed by atoms with Crippen LogP contribution in [0.25, 0.3) is 5.57 Å². The van der Waals surface area contributed by atoms with Crippen molar-refractivity contribution >= 4 is 17.5 Å². The van der Waals surface area contributed by atoms with Crippen molar-refractivity contribution in [2.24, 2.45) is 4.99 Å². The lowest BCUT2D eigenvalue weighted by Crippen LogP contribution is -1.90. The molecule has 0 radical (unpaired) electrons. The van der Waals surface area contributed by atoms with Gasteiger partial charge in [-0.15, -0.1) is 0 Å². The third-order valence-corrected chi connectivity index (χ3v) is 3.45. The lowest BCUT2D eigenvalue weighted by molar-refractivity contribution is 1.10. The van der Waals surface area contributed by atoms with E-state index in [2.05, 4.69) is 51.7 Å². The number of benzene rings is 1. The second-order valence-electron chi connectivity index (χ2n) is 4.60. The Morgan fingerprint density at radius 1 is 1.18 bits per heavy atom. The predicted octanol–water partition coefficient (Wildman–Crippen LogP) is 5.23. The van der Waals surface area contributed by atoms with Gasteiger partial charge in [0.15, 0.2) is 0 Å². The molecule has 0 amide bonds. The molecule has 0 N–H and O–H groups in total. The molecule has 0 saturated carbocycles. The zero-order chi connectivity index (χ0) is 13.0. The zero-order valence-corrected chi connectivity index (χ0v) is 11.9. The van der Waals surface area contributed by atoms with Crippen molar-refractivity contribution in [2.75, 3.05) is 0 Å². The van der Waals surface area contributed by atoms with Crippen molar-refractivity contribution in [1.29, 1.82) is 0 Å². The number of rotatable bonds is 3. The molecule has 0 aliphatic carbocycles. The average molecular weight is 229 g/mol. The first-order valence-corrected chi connectivity index (χ1v) is 6.27. The van der Waals surface area contributed by atoms with Gasteiger partial charge in [0.05, 0.1) is 5.69 Å². The number of hydrogen-bond acceptors (Lipinski definition) is 1. The molecule has 1 rings (SSSR count). The molecule has 1 aromatic rings. The van der Waals surface area contributed by atoms with Gasteiger partial charge in [-0.2, -0.15) is 0 Å². The monoisotopic (exact) mass is 229 g/mol. The first-order chi connectivity index (χ1) is 8.01. The van der Waals surface area contributed by atoms with E-state index in [9.17, 15) is 0 Å². The van der Waals surface area contributed by atoms with Crippen molar-refractivity contribution in [3.63, 3.8) is 0 Å². The fourth-order valence-electron chi connectivity index (χ4n) is 1.84. The minimum Gasteiger partial charge on any atom is -0.261 e. The summed E-state index contributed by atoms with van der Waals surface area (Å²) in [6.07, 6.45) is 2.95. The Kier molecular flexibility index (Phi) is 4.68. The Hall–Kier alpha value is -1.37. The Bertz CT molecular complexity index is 465. The highest BCUT2D eigenvalue weighted by Gasteiger charge is 2.07. The molecule has 1 aromatic carbocycles. The van der Waals surface area contributed by atoms with Crippen LogP contribution in [0.5, 0.6) is 0 Å². The number of aliphatic imine (C=N–C) groups is 1. The Morgan fingerprint density at radius 3 is 2.29 bits per heavy atom. The van der Waals surface area contributed by atoms with Gasteiger partial charge in [0.2, 0.25) is 0 Å². The van der Waals surface area contributed by atoms with E-state index in [1.807, 2.05) is 13.1 Å². The molecule has 0 spiro atoms. The molecule has 0 saturated heterocycles. The van der Waals surface area contributed by atoms with Gasteiger partial charge in [0.1, 0.15) is 0 Å². The van der Waals surface area contributed by atoms with Crippen LogP contribution in [0.1, 0.15) is 50.8 Å². The summed E-state index contributed by atoms with van der Waals surface area (Å²) in [6.45, 7) is 12.8. The number of aryl methyl sites for hydroxylation is 2. The summed E-state index contributed by atoms with van der Waals surface area (Å²) in [5.41, 5.74) is 7.78. The first kappa shape index (κ1) is 13.7. The highest BCUT2D eigenvalue weighted by molar-refractivity contribution is 5.78. The molecule has 0 aromatic heterocycles. The van der Waals surface area contributed by atoms with E-state index in [0.717, 1.165) is 12.1 Å². The van der Waals surface area contributed by atoms with E-state index in [-0.39, 0.29) is 0 Å². The van der Waals surface area contributed by atoms with Gasteiger partial charge < -0.3 is 0 Å². The maximum absolute atomic E-state index is 4.49. The summed E-state index contributed by atoms with van der Waals surface area (Å²) in [5, 5.41) is 0. The van der Waals surface area contributed by atoms with Gasteiger partial charge in [-0.25, -0.2) is 0 Å². The first-order valence-electron chi connectivity index (χ1n) is 6.27. The largest absolute Gasteiger partial charge is 0.261 e. The van der Waals surface area contributed by atoms with E-state index in [0.29, 0.717) is 0 Å². The molecule has 1 heteroatoms. The summed E-state index contributed by atoms with van der Waals surface area (Å²) in [7, 11) is 0. The molecule has 1 nitrogen and oxygen atoms in total. The maximum atomic E-state index is 4.49. The SMILES string of the molecule is CC=Nc1cc(C)c(C)cc1/C(C)=C(/C)CC. The van der Waals surface area contributed by atoms with Crippen LogP contribution >= 0.6 is 0 Å². The van der Waals surface area contributed by atoms with Crippen molar-refractivity contribution in [3.8, 4) is 0 Å². The Balaban J connectivity index is 3.46. The average Bonchev–Trinajstić information content (AvgIpc) is 2.32. The number of hydrogen-bond donors (Lipinski definition) is 0. The van der Waals surface area contributed by atoms with Crippen LogP contribution < -0.4 is 0 Å². The Labute approximate surface area is 105 Å². The van der Waals surface area contributed by atoms with Crippen molar-refractivity contribution in [3.05, 3.63) is 34.4 Å². The van der Waals surface area contributed by atoms with Crippen LogP contribution in [0.15, 0.2) is 22.7 Å². The topological polar surface area (TPSA) is 12.4 Å². The molecular weight excluding hydrogens is 206 g/mol. The third-order valence-electron chi connectivity index (χ3n) is 3.45. The minimum absolute atomic E-state index is 1.08. The van der Waals surface area contributed by atoms with Crippen LogP contribution in [-0.4, -0.2) is 6.21 Å². The van der Waals surface area contributed by atoms with Crippen LogP contribution in [0, 0.1) is 13.8 Å². The fourth-order valence-corrected chi connectivity index (χ4v) is 1.84. The van der Waals surface area contributed by atoms with Gasteiger partial charge in [-0.1, -0.05) is 12.5 Å². The van der Waals surface area contributed by atoms with Gasteiger partial charge in [0.25, 0.3) is 0 Å². The van der Waals surface area contributed by atoms with Gasteiger partial charge in [-0.3, -0.25) is 4.99 Å². The quantitative estimate of drug-likeness (QED) is 0.629. The third kappa shape index (κ3) is 3.06. The summed E-state index contributed by atoms with van der Waals surface area (Å²) >= 11 is 0. The summed E-state index contributed by atoms with van der Waals surface area (Å²) in [5.74, 6) is 0. The second kappa shape index (κ2) is 5.81. The van der Waals surface area contributed by atoms with Gasteiger partial charge >= 0.3 is 0 Å². The number of nitrogens with zero attached hydrogens (tertiary/aromatic N) is 1. The molecule has 92 valence electrons. The minimum atomic E-state index is 1.08. The highest BCUT2D eigenvalue weighted by Crippen LogP contribution is 2.31. The standard InChI is InChI=1S/C16H23N/c1-7-11(3)14(6)15-9-12(4)13(5)10-16(15)17-8-2/h8-10H,7H2,1-6H3/b14-11-,17-8?. The lowest BCUT2D eigenvalue weighted by atomic mass is 9.95. The molecule has 0 heterocycles. The van der Waals surface area contributed by atoms with E-state index < -0.39 is 0 Å². The summed E-state index contributed by atoms with van der Waals surface area (Å²) in [6, 6.07) is 4.43. The smallest absolute Gasteiger partial charge is 0.0703 e. The molecule has 0 bridgehead atoms. The fraction of sp³-hybridized carbons (Fsp3) is 0.438. The lowest BCUT2D eigenvalue weighted by Gasteiger charge is -2.12. The van der Waals surface area contributed by atoms with E-state index in [1.54, 1.807) is 0 Å². The summed E-state index contributed by atoms with van der Waals surface area (Å²) in [4.78, 5) is 4.49. The maximum Gasteiger partial charge on any atom is 0.0703 e. The zero-order valence-electron chi connectivity index (χ0n) is 11.9. The van der Waals surface area contributed by atoms with E-state index >= 15 is 0 Å². The van der Waals surface area contributed by atoms with Crippen LogP contribution in [-0.2, 0) is 0 Å². The Morgan fingerprint density at radius 2 is 1.76 bits per heavy atom. The van der Waals surface area contributed by atoms with Crippen molar-refractivity contribution in [2.45, 2.75) is 48.0 Å². The molecule has 0 aliphatic heterocycles. The summed E-state index contributed by atoms with van der Waals surface area (Å²) < 4.78 is 0. The molecular formula is C16H23N. The highest BCUT2D eigenvalue weighted by atomic mass is 14.7. The normalized spacial score (nSPS) is 13.1. The number of allylic oxidation sites excluding steroid dienone is 2. The molecule has 0 unspecified atom stereocenters. The van der Waals surface area contributed by atoms with Crippen molar-refractivity contribution < 1.29 is 0 Å². The van der Waals surface area contributed by atoms with Crippen LogP contribution in [0.3, 0.4) is 0 Å². The molecule has 0 fully saturated rings. The van der Waals surface area contributed by atoms with Gasteiger partial charge in [-0.05, 0) is 69.9 Å². The second-order valence-corrected chi connectivity index (χ2v) is 4.60.